The predicted molar refractivity (Wildman–Crippen MR) is 132 cm³/mol. The quantitative estimate of drug-likeness (QED) is 0.524. The topological polar surface area (TPSA) is 90.2 Å². The van der Waals surface area contributed by atoms with Crippen molar-refractivity contribution in [3.05, 3.63) is 90.6 Å². The van der Waals surface area contributed by atoms with Crippen molar-refractivity contribution in [2.24, 2.45) is 4.99 Å². The van der Waals surface area contributed by atoms with Gasteiger partial charge in [-0.25, -0.2) is 9.79 Å². The Bertz CT molecular complexity index is 1600. The number of aromatic nitrogens is 1. The third kappa shape index (κ3) is 3.42. The van der Waals surface area contributed by atoms with Crippen LogP contribution in [0.25, 0.3) is 5.57 Å². The summed E-state index contributed by atoms with van der Waals surface area (Å²) in [6.07, 6.45) is 0. The number of methoxy groups -OCH3 is 1. The van der Waals surface area contributed by atoms with Crippen molar-refractivity contribution >= 4 is 34.5 Å². The summed E-state index contributed by atoms with van der Waals surface area (Å²) >= 11 is 1.14. The number of carbonyl (C=O) groups is 2. The summed E-state index contributed by atoms with van der Waals surface area (Å²) in [7, 11) is 3.22. The monoisotopic (exact) mass is 489 g/mol. The smallest absolute Gasteiger partial charge is 0.338 e. The van der Waals surface area contributed by atoms with Crippen LogP contribution >= 0.6 is 11.3 Å². The molecule has 0 saturated carbocycles. The molecule has 0 saturated heterocycles. The van der Waals surface area contributed by atoms with Gasteiger partial charge in [0.25, 0.3) is 11.5 Å². The van der Waals surface area contributed by atoms with E-state index in [9.17, 15) is 14.4 Å². The van der Waals surface area contributed by atoms with E-state index in [1.165, 1.54) is 16.6 Å². The van der Waals surface area contributed by atoms with Gasteiger partial charge in [-0.2, -0.15) is 0 Å². The Hall–Kier alpha value is -3.98. The average molecular weight is 490 g/mol. The molecule has 0 N–H and O–H groups in total. The number of esters is 1. The minimum Gasteiger partial charge on any atom is -0.496 e. The van der Waals surface area contributed by atoms with Crippen molar-refractivity contribution in [1.29, 1.82) is 0 Å². The molecule has 0 aliphatic carbocycles. The molecular weight excluding hydrogens is 466 g/mol. The number of fused-ring (bicyclic) bond motifs is 2. The van der Waals surface area contributed by atoms with E-state index in [0.717, 1.165) is 17.0 Å². The number of thiazole rings is 1. The summed E-state index contributed by atoms with van der Waals surface area (Å²) in [5.41, 5.74) is 2.71. The molecular formula is C26H23N3O5S. The molecule has 0 bridgehead atoms. The fraction of sp³-hybridized carbons (Fsp3) is 0.231. The largest absolute Gasteiger partial charge is 0.496 e. The second-order valence-corrected chi connectivity index (χ2v) is 9.10. The van der Waals surface area contributed by atoms with Gasteiger partial charge in [-0.15, -0.1) is 0 Å². The summed E-state index contributed by atoms with van der Waals surface area (Å²) in [6, 6.07) is 13.8. The van der Waals surface area contributed by atoms with Gasteiger partial charge < -0.3 is 14.4 Å². The number of hydrogen-bond donors (Lipinski definition) is 0. The summed E-state index contributed by atoms with van der Waals surface area (Å²) in [5, 5.41) is 0. The normalized spacial score (nSPS) is 18.2. The molecule has 2 aliphatic heterocycles. The van der Waals surface area contributed by atoms with Crippen molar-refractivity contribution < 1.29 is 19.1 Å². The minimum absolute atomic E-state index is 0.181. The third-order valence-electron chi connectivity index (χ3n) is 6.21. The van der Waals surface area contributed by atoms with E-state index in [-0.39, 0.29) is 22.6 Å². The van der Waals surface area contributed by atoms with E-state index in [1.54, 1.807) is 27.0 Å². The van der Waals surface area contributed by atoms with Gasteiger partial charge in [0.1, 0.15) is 16.3 Å². The lowest BCUT2D eigenvalue weighted by Gasteiger charge is -2.25. The van der Waals surface area contributed by atoms with E-state index >= 15 is 0 Å². The molecule has 8 nitrogen and oxygen atoms in total. The number of allylic oxidation sites excluding steroid dienone is 1. The summed E-state index contributed by atoms with van der Waals surface area (Å²) in [5.74, 6) is -0.287. The Morgan fingerprint density at radius 2 is 1.83 bits per heavy atom. The number of amides is 1. The lowest BCUT2D eigenvalue weighted by molar-refractivity contribution is -0.139. The number of hydrogen-bond acceptors (Lipinski definition) is 7. The number of nitrogens with zero attached hydrogens (tertiary/aromatic N) is 3. The number of anilines is 1. The average Bonchev–Trinajstić information content (AvgIpc) is 3.31. The molecule has 3 aromatic rings. The summed E-state index contributed by atoms with van der Waals surface area (Å²) in [6.45, 7) is 3.63. The first-order valence-electron chi connectivity index (χ1n) is 11.1. The number of likely N-dealkylation sites (N-methyl/N-ethyl adjacent to an activating group) is 1. The Kier molecular flexibility index (Phi) is 5.64. The Balaban J connectivity index is 1.86. The van der Waals surface area contributed by atoms with E-state index in [1.807, 2.05) is 42.5 Å². The molecule has 9 heteroatoms. The molecule has 35 heavy (non-hydrogen) atoms. The number of ether oxygens (including phenoxy) is 2. The van der Waals surface area contributed by atoms with Gasteiger partial charge >= 0.3 is 5.97 Å². The molecule has 0 spiro atoms. The van der Waals surface area contributed by atoms with Crippen LogP contribution in [0.5, 0.6) is 5.75 Å². The number of benzene rings is 2. The van der Waals surface area contributed by atoms with Gasteiger partial charge in [0.05, 0.1) is 36.2 Å². The van der Waals surface area contributed by atoms with Crippen LogP contribution in [0.1, 0.15) is 31.0 Å². The van der Waals surface area contributed by atoms with Crippen molar-refractivity contribution in [1.82, 2.24) is 4.57 Å². The van der Waals surface area contributed by atoms with Crippen LogP contribution < -0.4 is 24.5 Å². The number of para-hydroxylation sites is 2. The van der Waals surface area contributed by atoms with Crippen LogP contribution in [0.15, 0.2) is 69.6 Å². The van der Waals surface area contributed by atoms with Crippen LogP contribution in [-0.4, -0.2) is 37.2 Å². The molecule has 1 atom stereocenters. The van der Waals surface area contributed by atoms with Gasteiger partial charge in [0.15, 0.2) is 4.80 Å². The third-order valence-corrected chi connectivity index (χ3v) is 7.26. The standard InChI is InChI=1S/C26H23N3O5S/c1-5-34-25(32)19-14(2)27-26-29(21(19)16-11-7-9-13-18(16)33-4)24(31)22(35-26)20-15-10-6-8-12-17(15)28(3)23(20)30/h6-13,21H,5H2,1-4H3/b22-20+/t21-/m1/s1. The van der Waals surface area contributed by atoms with E-state index in [0.29, 0.717) is 32.9 Å². The first-order valence-corrected chi connectivity index (χ1v) is 11.9. The fourth-order valence-corrected chi connectivity index (χ4v) is 5.75. The molecule has 0 radical (unpaired) electrons. The highest BCUT2D eigenvalue weighted by Crippen LogP contribution is 2.36. The lowest BCUT2D eigenvalue weighted by Crippen LogP contribution is -2.41. The second kappa shape index (κ2) is 8.66. The minimum atomic E-state index is -0.819. The lowest BCUT2D eigenvalue weighted by atomic mass is 9.95. The maximum atomic E-state index is 14.0. The van der Waals surface area contributed by atoms with E-state index in [4.69, 9.17) is 9.47 Å². The van der Waals surface area contributed by atoms with Gasteiger partial charge in [-0.05, 0) is 26.0 Å². The van der Waals surface area contributed by atoms with Crippen LogP contribution in [0.3, 0.4) is 0 Å². The Morgan fingerprint density at radius 3 is 2.57 bits per heavy atom. The van der Waals surface area contributed by atoms with Gasteiger partial charge in [-0.1, -0.05) is 47.7 Å². The first-order chi connectivity index (χ1) is 16.9. The molecule has 5 rings (SSSR count). The van der Waals surface area contributed by atoms with Crippen molar-refractivity contribution in [3.8, 4) is 5.75 Å². The second-order valence-electron chi connectivity index (χ2n) is 8.12. The first kappa shape index (κ1) is 22.8. The summed E-state index contributed by atoms with van der Waals surface area (Å²) in [4.78, 5) is 46.8. The van der Waals surface area contributed by atoms with Gasteiger partial charge in [-0.3, -0.25) is 14.2 Å². The highest BCUT2D eigenvalue weighted by atomic mass is 32.1. The molecule has 1 amide bonds. The zero-order valence-corrected chi connectivity index (χ0v) is 20.5. The number of rotatable bonds is 4. The molecule has 0 unspecified atom stereocenters. The SMILES string of the molecule is CCOC(=O)C1=C(C)N=c2s/c(=C3/C(=O)N(C)c4ccccc43)c(=O)n2[C@@H]1c1ccccc1OC. The molecule has 1 aromatic heterocycles. The number of carbonyl (C=O) groups excluding carboxylic acids is 2. The molecule has 2 aromatic carbocycles. The molecule has 178 valence electrons. The summed E-state index contributed by atoms with van der Waals surface area (Å²) < 4.78 is 12.7. The zero-order valence-electron chi connectivity index (χ0n) is 19.7. The Labute approximate surface area is 205 Å². The van der Waals surface area contributed by atoms with Crippen LogP contribution in [0.2, 0.25) is 0 Å². The van der Waals surface area contributed by atoms with Gasteiger partial charge in [0.2, 0.25) is 0 Å². The highest BCUT2D eigenvalue weighted by molar-refractivity contribution is 7.07. The molecule has 0 fully saturated rings. The van der Waals surface area contributed by atoms with Crippen LogP contribution in [-0.2, 0) is 14.3 Å². The van der Waals surface area contributed by atoms with Crippen molar-refractivity contribution in [2.75, 3.05) is 25.7 Å². The predicted octanol–water partition coefficient (Wildman–Crippen LogP) is 2.15. The molecule has 3 heterocycles. The van der Waals surface area contributed by atoms with Crippen molar-refractivity contribution in [2.45, 2.75) is 19.9 Å². The van der Waals surface area contributed by atoms with Crippen LogP contribution in [0, 0.1) is 0 Å². The van der Waals surface area contributed by atoms with E-state index < -0.39 is 17.6 Å². The van der Waals surface area contributed by atoms with Gasteiger partial charge in [0, 0.05) is 18.2 Å². The fourth-order valence-electron chi connectivity index (χ4n) is 4.62. The maximum absolute atomic E-state index is 14.0. The molecule has 2 aliphatic rings. The van der Waals surface area contributed by atoms with Crippen molar-refractivity contribution in [3.63, 3.8) is 0 Å². The van der Waals surface area contributed by atoms with Crippen LogP contribution in [0.4, 0.5) is 5.69 Å². The van der Waals surface area contributed by atoms with E-state index in [2.05, 4.69) is 4.99 Å². The highest BCUT2D eigenvalue weighted by Gasteiger charge is 2.37. The Morgan fingerprint density at radius 1 is 1.11 bits per heavy atom. The maximum Gasteiger partial charge on any atom is 0.338 e. The zero-order chi connectivity index (χ0) is 24.9.